The molecule has 0 fully saturated rings. The van der Waals surface area contributed by atoms with Gasteiger partial charge in [-0.3, -0.25) is 0 Å². The quantitative estimate of drug-likeness (QED) is 0.252. The zero-order valence-electron chi connectivity index (χ0n) is 21.0. The third-order valence-electron chi connectivity index (χ3n) is 6.77. The molecule has 188 valence electrons. The Morgan fingerprint density at radius 1 is 1.03 bits per heavy atom. The van der Waals surface area contributed by atoms with Crippen LogP contribution in [0.25, 0.3) is 28.5 Å². The van der Waals surface area contributed by atoms with Crippen molar-refractivity contribution >= 4 is 45.8 Å². The number of thiophene rings is 2. The number of phenols is 1. The van der Waals surface area contributed by atoms with Crippen LogP contribution in [0.4, 0.5) is 5.69 Å². The van der Waals surface area contributed by atoms with E-state index in [-0.39, 0.29) is 11.3 Å². The maximum absolute atomic E-state index is 11.1. The first-order valence-corrected chi connectivity index (χ1v) is 13.8. The van der Waals surface area contributed by atoms with Gasteiger partial charge in [0.1, 0.15) is 17.6 Å². The minimum atomic E-state index is -0.709. The average Bonchev–Trinajstić information content (AvgIpc) is 3.55. The van der Waals surface area contributed by atoms with Crippen molar-refractivity contribution in [3.05, 3.63) is 85.7 Å². The average molecular weight is 530 g/mol. The van der Waals surface area contributed by atoms with Gasteiger partial charge >= 0.3 is 0 Å². The first kappa shape index (κ1) is 23.9. The van der Waals surface area contributed by atoms with Gasteiger partial charge in [-0.25, -0.2) is 0 Å². The number of nitrogens with one attached hydrogen (secondary N) is 1. The smallest absolute Gasteiger partial charge is 0.172 e. The molecule has 5 nitrogen and oxygen atoms in total. The molecule has 2 aliphatic heterocycles. The number of rotatable bonds is 4. The second-order valence-electron chi connectivity index (χ2n) is 9.84. The lowest BCUT2D eigenvalue weighted by Crippen LogP contribution is -2.32. The topological polar surface area (TPSA) is 71.0 Å². The third-order valence-corrected chi connectivity index (χ3v) is 8.57. The summed E-state index contributed by atoms with van der Waals surface area (Å²) in [7, 11) is 1.55. The van der Waals surface area contributed by atoms with Gasteiger partial charge in [0.2, 0.25) is 0 Å². The van der Waals surface area contributed by atoms with Crippen molar-refractivity contribution in [2.45, 2.75) is 32.4 Å². The summed E-state index contributed by atoms with van der Waals surface area (Å²) in [5.41, 5.74) is 6.43. The van der Waals surface area contributed by atoms with Crippen LogP contribution in [0.1, 0.15) is 53.3 Å². The van der Waals surface area contributed by atoms with Crippen LogP contribution < -0.4 is 14.8 Å². The molecule has 4 aromatic rings. The van der Waals surface area contributed by atoms with E-state index >= 15 is 0 Å². The van der Waals surface area contributed by atoms with Crippen molar-refractivity contribution in [3.63, 3.8) is 0 Å². The predicted octanol–water partition coefficient (Wildman–Crippen LogP) is 7.77. The summed E-state index contributed by atoms with van der Waals surface area (Å²) in [6.45, 7) is 6.41. The van der Waals surface area contributed by atoms with Crippen molar-refractivity contribution in [2.24, 2.45) is 0 Å². The fourth-order valence-electron chi connectivity index (χ4n) is 5.34. The minimum absolute atomic E-state index is 0.0621. The Morgan fingerprint density at radius 3 is 2.62 bits per heavy atom. The molecule has 2 aromatic heterocycles. The number of aromatic hydroxyl groups is 1. The highest BCUT2D eigenvalue weighted by Crippen LogP contribution is 2.54. The Morgan fingerprint density at radius 2 is 1.86 bits per heavy atom. The molecule has 1 atom stereocenters. The molecule has 0 aliphatic carbocycles. The van der Waals surface area contributed by atoms with E-state index in [1.165, 1.54) is 11.3 Å². The molecule has 3 N–H and O–H groups in total. The highest BCUT2D eigenvalue weighted by Gasteiger charge is 2.33. The molecule has 37 heavy (non-hydrogen) atoms. The summed E-state index contributed by atoms with van der Waals surface area (Å²) in [4.78, 5) is 1.83. The van der Waals surface area contributed by atoms with E-state index in [2.05, 4.69) is 44.3 Å². The molecule has 2 aliphatic rings. The van der Waals surface area contributed by atoms with Crippen LogP contribution in [0.2, 0.25) is 0 Å². The van der Waals surface area contributed by atoms with Crippen molar-refractivity contribution in [1.29, 1.82) is 0 Å². The number of hydrogen-bond acceptors (Lipinski definition) is 7. The Kier molecular flexibility index (Phi) is 5.67. The fourth-order valence-corrected chi connectivity index (χ4v) is 6.92. The van der Waals surface area contributed by atoms with Crippen LogP contribution in [-0.2, 0) is 0 Å². The summed E-state index contributed by atoms with van der Waals surface area (Å²) in [6.07, 6.45) is 3.53. The molecule has 6 rings (SSSR count). The van der Waals surface area contributed by atoms with Crippen LogP contribution in [0.5, 0.6) is 17.2 Å². The van der Waals surface area contributed by atoms with Gasteiger partial charge in [-0.05, 0) is 73.5 Å². The monoisotopic (exact) mass is 529 g/mol. The second-order valence-corrected chi connectivity index (χ2v) is 11.8. The standard InChI is InChI=1S/C30H27NO4S2/c1-16-15-30(2,3)31-19-8-7-18-26(25(16)19)22(35-21-10-9-20(32)29(34-4)27(18)21)14-24-17(11-13-37-24)28(33)23-6-5-12-36-23/h5-15,28,31-33H,1-4H3. The first-order valence-electron chi connectivity index (χ1n) is 12.0. The van der Waals surface area contributed by atoms with Crippen molar-refractivity contribution in [1.82, 2.24) is 0 Å². The normalized spacial score (nSPS) is 17.1. The number of ether oxygens (including phenoxy) is 2. The number of methoxy groups -OCH3 is 1. The van der Waals surface area contributed by atoms with Crippen LogP contribution in [-0.4, -0.2) is 22.9 Å². The molecule has 0 radical (unpaired) electrons. The number of anilines is 1. The first-order chi connectivity index (χ1) is 17.8. The maximum Gasteiger partial charge on any atom is 0.172 e. The number of aliphatic hydroxyl groups excluding tert-OH is 1. The number of fused-ring (bicyclic) bond motifs is 5. The molecule has 2 aromatic carbocycles. The molecule has 0 amide bonds. The number of aliphatic hydroxyl groups is 1. The van der Waals surface area contributed by atoms with Crippen LogP contribution in [0, 0.1) is 0 Å². The van der Waals surface area contributed by atoms with Crippen molar-refractivity contribution in [2.75, 3.05) is 12.4 Å². The zero-order valence-corrected chi connectivity index (χ0v) is 22.6. The summed E-state index contributed by atoms with van der Waals surface area (Å²) in [6, 6.07) is 13.4. The molecule has 0 bridgehead atoms. The van der Waals surface area contributed by atoms with E-state index in [9.17, 15) is 10.2 Å². The van der Waals surface area contributed by atoms with E-state index in [0.717, 1.165) is 48.8 Å². The van der Waals surface area contributed by atoms with Gasteiger partial charge in [-0.15, -0.1) is 22.7 Å². The van der Waals surface area contributed by atoms with Gasteiger partial charge in [0.25, 0.3) is 0 Å². The second kappa shape index (κ2) is 8.80. The Hall–Kier alpha value is -3.52. The Balaban J connectivity index is 1.60. The van der Waals surface area contributed by atoms with Crippen molar-refractivity contribution in [3.8, 4) is 28.4 Å². The molecular formula is C30H27NO4S2. The Bertz CT molecular complexity index is 1580. The lowest BCUT2D eigenvalue weighted by molar-refractivity contribution is 0.224. The predicted molar refractivity (Wildman–Crippen MR) is 153 cm³/mol. The maximum atomic E-state index is 11.1. The van der Waals surface area contributed by atoms with Crippen molar-refractivity contribution < 1.29 is 19.7 Å². The van der Waals surface area contributed by atoms with E-state index in [1.807, 2.05) is 35.0 Å². The van der Waals surface area contributed by atoms with Crippen LogP contribution in [0.3, 0.4) is 0 Å². The number of allylic oxidation sites excluding steroid dienone is 1. The number of hydrogen-bond donors (Lipinski definition) is 3. The highest BCUT2D eigenvalue weighted by molar-refractivity contribution is 7.11. The lowest BCUT2D eigenvalue weighted by Gasteiger charge is -2.35. The van der Waals surface area contributed by atoms with Crippen LogP contribution in [0.15, 0.2) is 59.3 Å². The fraction of sp³-hybridized carbons (Fsp3) is 0.200. The van der Waals surface area contributed by atoms with Gasteiger partial charge < -0.3 is 25.0 Å². The molecule has 4 heterocycles. The molecule has 7 heteroatoms. The van der Waals surface area contributed by atoms with Gasteiger partial charge in [-0.2, -0.15) is 0 Å². The molecule has 0 saturated heterocycles. The van der Waals surface area contributed by atoms with Gasteiger partial charge in [0, 0.05) is 37.7 Å². The summed E-state index contributed by atoms with van der Waals surface area (Å²) in [5.74, 6) is 1.74. The van der Waals surface area contributed by atoms with Crippen LogP contribution >= 0.6 is 22.7 Å². The molecular weight excluding hydrogens is 502 g/mol. The number of phenolic OH excluding ortho intramolecular Hbond substituents is 1. The van der Waals surface area contributed by atoms with Gasteiger partial charge in [-0.1, -0.05) is 18.2 Å². The van der Waals surface area contributed by atoms with Gasteiger partial charge in [0.15, 0.2) is 11.5 Å². The summed E-state index contributed by atoms with van der Waals surface area (Å²) in [5, 5.41) is 29.3. The van der Waals surface area contributed by atoms with Gasteiger partial charge in [0.05, 0.1) is 18.2 Å². The summed E-state index contributed by atoms with van der Waals surface area (Å²) >= 11 is 3.10. The number of benzene rings is 2. The van der Waals surface area contributed by atoms with E-state index in [1.54, 1.807) is 30.6 Å². The highest BCUT2D eigenvalue weighted by atomic mass is 32.1. The molecule has 1 unspecified atom stereocenters. The van der Waals surface area contributed by atoms with E-state index < -0.39 is 6.10 Å². The molecule has 0 saturated carbocycles. The summed E-state index contributed by atoms with van der Waals surface area (Å²) < 4.78 is 12.2. The Labute approximate surface area is 224 Å². The third kappa shape index (κ3) is 3.94. The zero-order chi connectivity index (χ0) is 25.9. The minimum Gasteiger partial charge on any atom is -0.504 e. The largest absolute Gasteiger partial charge is 0.504 e. The lowest BCUT2D eigenvalue weighted by atomic mass is 9.83. The molecule has 0 spiro atoms. The van der Waals surface area contributed by atoms with E-state index in [4.69, 9.17) is 9.47 Å². The SMILES string of the molecule is COc1c(O)ccc2c1-c1ccc3c(c1C(=Cc1sccc1C(O)c1cccs1)O2)C(C)=CC(C)(C)N3. The van der Waals surface area contributed by atoms with E-state index in [0.29, 0.717) is 17.3 Å².